The van der Waals surface area contributed by atoms with Gasteiger partial charge in [0.05, 0.1) is 11.8 Å². The van der Waals surface area contributed by atoms with Crippen molar-refractivity contribution in [3.8, 4) is 0 Å². The highest BCUT2D eigenvalue weighted by Gasteiger charge is 2.17. The van der Waals surface area contributed by atoms with Gasteiger partial charge in [-0.05, 0) is 20.8 Å². The van der Waals surface area contributed by atoms with Gasteiger partial charge in [0.2, 0.25) is 0 Å². The maximum Gasteiger partial charge on any atom is 0.151 e. The minimum atomic E-state index is -2.92. The van der Waals surface area contributed by atoms with Crippen LogP contribution in [0.3, 0.4) is 0 Å². The highest BCUT2D eigenvalue weighted by molar-refractivity contribution is 7.91. The molecule has 0 saturated carbocycles. The molecule has 6 heteroatoms. The molecule has 0 saturated heterocycles. The molecule has 2 unspecified atom stereocenters. The normalized spacial score (nSPS) is 15.8. The second kappa shape index (κ2) is 5.93. The van der Waals surface area contributed by atoms with Gasteiger partial charge >= 0.3 is 0 Å². The Hall–Kier alpha value is -0.460. The summed E-state index contributed by atoms with van der Waals surface area (Å²) in [5.74, 6) is 0.377. The SMILES string of the molecule is CCS(=O)(=O)CC(C)NC(C)c1nc(C)cs1. The molecule has 0 aliphatic carbocycles. The lowest BCUT2D eigenvalue weighted by Gasteiger charge is -2.18. The van der Waals surface area contributed by atoms with Crippen LogP contribution in [0.25, 0.3) is 0 Å². The molecule has 1 heterocycles. The summed E-state index contributed by atoms with van der Waals surface area (Å²) in [4.78, 5) is 4.39. The topological polar surface area (TPSA) is 59.1 Å². The number of aryl methyl sites for hydroxylation is 1. The Bertz CT molecular complexity index is 454. The van der Waals surface area contributed by atoms with Crippen molar-refractivity contribution >= 4 is 21.2 Å². The number of hydrogen-bond donors (Lipinski definition) is 1. The number of aromatic nitrogens is 1. The number of hydrogen-bond acceptors (Lipinski definition) is 5. The molecule has 0 spiro atoms. The lowest BCUT2D eigenvalue weighted by atomic mass is 10.3. The number of nitrogens with one attached hydrogen (secondary N) is 1. The molecule has 0 amide bonds. The molecule has 4 nitrogen and oxygen atoms in total. The predicted molar refractivity (Wildman–Crippen MR) is 72.2 cm³/mol. The smallest absolute Gasteiger partial charge is 0.151 e. The molecule has 0 fully saturated rings. The van der Waals surface area contributed by atoms with Crippen LogP contribution in [0, 0.1) is 6.92 Å². The van der Waals surface area contributed by atoms with Crippen LogP contribution in [-0.4, -0.2) is 30.9 Å². The Morgan fingerprint density at radius 2 is 2.12 bits per heavy atom. The summed E-state index contributed by atoms with van der Waals surface area (Å²) in [5.41, 5.74) is 1.01. The van der Waals surface area contributed by atoms with Gasteiger partial charge in [-0.1, -0.05) is 6.92 Å². The number of thiazole rings is 1. The first-order valence-corrected chi connectivity index (χ1v) is 8.42. The number of rotatable bonds is 6. The van der Waals surface area contributed by atoms with E-state index in [-0.39, 0.29) is 23.6 Å². The minimum absolute atomic E-state index is 0.0563. The second-order valence-corrected chi connectivity index (χ2v) is 7.60. The third-order valence-electron chi connectivity index (χ3n) is 2.49. The Morgan fingerprint density at radius 1 is 1.47 bits per heavy atom. The Balaban J connectivity index is 2.54. The van der Waals surface area contributed by atoms with Crippen molar-refractivity contribution in [1.82, 2.24) is 10.3 Å². The zero-order chi connectivity index (χ0) is 13.1. The summed E-state index contributed by atoms with van der Waals surface area (Å²) < 4.78 is 23.0. The van der Waals surface area contributed by atoms with Crippen molar-refractivity contribution < 1.29 is 8.42 Å². The third kappa shape index (κ3) is 4.73. The van der Waals surface area contributed by atoms with E-state index in [1.807, 2.05) is 26.2 Å². The van der Waals surface area contributed by atoms with Gasteiger partial charge in [-0.25, -0.2) is 13.4 Å². The first-order chi connectivity index (χ1) is 7.84. The summed E-state index contributed by atoms with van der Waals surface area (Å²) in [6.07, 6.45) is 0. The first kappa shape index (κ1) is 14.6. The molecule has 0 radical (unpaired) electrons. The summed E-state index contributed by atoms with van der Waals surface area (Å²) >= 11 is 1.60. The number of sulfone groups is 1. The van der Waals surface area contributed by atoms with Crippen LogP contribution in [0.4, 0.5) is 0 Å². The zero-order valence-electron chi connectivity index (χ0n) is 10.7. The van der Waals surface area contributed by atoms with E-state index in [0.717, 1.165) is 10.7 Å². The standard InChI is InChI=1S/C11H20N2O2S2/c1-5-17(14,15)7-9(3)12-10(4)11-13-8(2)6-16-11/h6,9-10,12H,5,7H2,1-4H3. The van der Waals surface area contributed by atoms with E-state index >= 15 is 0 Å². The van der Waals surface area contributed by atoms with E-state index in [2.05, 4.69) is 10.3 Å². The van der Waals surface area contributed by atoms with E-state index < -0.39 is 9.84 Å². The van der Waals surface area contributed by atoms with Crippen LogP contribution in [0.1, 0.15) is 37.5 Å². The van der Waals surface area contributed by atoms with Gasteiger partial charge in [0.15, 0.2) is 9.84 Å². The van der Waals surface area contributed by atoms with Crippen molar-refractivity contribution in [1.29, 1.82) is 0 Å². The second-order valence-electron chi connectivity index (χ2n) is 4.32. The first-order valence-electron chi connectivity index (χ1n) is 5.72. The molecule has 98 valence electrons. The van der Waals surface area contributed by atoms with Gasteiger partial charge in [0.1, 0.15) is 5.01 Å². The van der Waals surface area contributed by atoms with Crippen LogP contribution in [0.15, 0.2) is 5.38 Å². The fourth-order valence-electron chi connectivity index (χ4n) is 1.62. The van der Waals surface area contributed by atoms with E-state index in [1.165, 1.54) is 0 Å². The van der Waals surface area contributed by atoms with E-state index in [1.54, 1.807) is 18.3 Å². The largest absolute Gasteiger partial charge is 0.305 e. The number of nitrogens with zero attached hydrogens (tertiary/aromatic N) is 1. The highest BCUT2D eigenvalue weighted by atomic mass is 32.2. The Kier molecular flexibility index (Phi) is 5.09. The molecule has 1 N–H and O–H groups in total. The van der Waals surface area contributed by atoms with Gasteiger partial charge in [0, 0.05) is 22.9 Å². The molecule has 0 aromatic carbocycles. The summed E-state index contributed by atoms with van der Waals surface area (Å²) in [7, 11) is -2.92. The fourth-order valence-corrected chi connectivity index (χ4v) is 3.52. The molecule has 0 bridgehead atoms. The maximum atomic E-state index is 11.5. The van der Waals surface area contributed by atoms with Crippen LogP contribution >= 0.6 is 11.3 Å². The van der Waals surface area contributed by atoms with Crippen LogP contribution in [0.5, 0.6) is 0 Å². The van der Waals surface area contributed by atoms with Crippen LogP contribution in [-0.2, 0) is 9.84 Å². The van der Waals surface area contributed by atoms with Crippen LogP contribution in [0.2, 0.25) is 0 Å². The average molecular weight is 276 g/mol. The summed E-state index contributed by atoms with van der Waals surface area (Å²) in [6.45, 7) is 7.53. The molecule has 1 aromatic rings. The Morgan fingerprint density at radius 3 is 2.59 bits per heavy atom. The van der Waals surface area contributed by atoms with Crippen molar-refractivity contribution in [2.45, 2.75) is 39.8 Å². The highest BCUT2D eigenvalue weighted by Crippen LogP contribution is 2.18. The maximum absolute atomic E-state index is 11.5. The van der Waals surface area contributed by atoms with Crippen molar-refractivity contribution in [2.24, 2.45) is 0 Å². The Labute approximate surface area is 107 Å². The lowest BCUT2D eigenvalue weighted by Crippen LogP contribution is -2.35. The molecule has 1 rings (SSSR count). The van der Waals surface area contributed by atoms with Crippen LogP contribution < -0.4 is 5.32 Å². The van der Waals surface area contributed by atoms with Crippen molar-refractivity contribution in [3.05, 3.63) is 16.1 Å². The van der Waals surface area contributed by atoms with E-state index in [4.69, 9.17) is 0 Å². The average Bonchev–Trinajstić information content (AvgIpc) is 2.64. The molecule has 0 aliphatic heterocycles. The zero-order valence-corrected chi connectivity index (χ0v) is 12.4. The van der Waals surface area contributed by atoms with E-state index in [0.29, 0.717) is 0 Å². The van der Waals surface area contributed by atoms with Crippen molar-refractivity contribution in [2.75, 3.05) is 11.5 Å². The minimum Gasteiger partial charge on any atom is -0.305 e. The van der Waals surface area contributed by atoms with Gasteiger partial charge < -0.3 is 5.32 Å². The van der Waals surface area contributed by atoms with E-state index in [9.17, 15) is 8.42 Å². The molecule has 1 aromatic heterocycles. The molecular weight excluding hydrogens is 256 g/mol. The van der Waals surface area contributed by atoms with Crippen molar-refractivity contribution in [3.63, 3.8) is 0 Å². The molecular formula is C11H20N2O2S2. The predicted octanol–water partition coefficient (Wildman–Crippen LogP) is 1.93. The van der Waals surface area contributed by atoms with Gasteiger partial charge in [-0.15, -0.1) is 11.3 Å². The molecule has 0 aliphatic rings. The third-order valence-corrected chi connectivity index (χ3v) is 5.52. The lowest BCUT2D eigenvalue weighted by molar-refractivity contribution is 0.498. The summed E-state index contributed by atoms with van der Waals surface area (Å²) in [5, 5.41) is 6.27. The molecule has 2 atom stereocenters. The van der Waals surface area contributed by atoms with Gasteiger partial charge in [-0.3, -0.25) is 0 Å². The molecule has 17 heavy (non-hydrogen) atoms. The monoisotopic (exact) mass is 276 g/mol. The van der Waals surface area contributed by atoms with Gasteiger partial charge in [0.25, 0.3) is 0 Å². The quantitative estimate of drug-likeness (QED) is 0.862. The van der Waals surface area contributed by atoms with Gasteiger partial charge in [-0.2, -0.15) is 0 Å². The summed E-state index contributed by atoms with van der Waals surface area (Å²) in [6, 6.07) is 0.0370. The fraction of sp³-hybridized carbons (Fsp3) is 0.727.